The highest BCUT2D eigenvalue weighted by Gasteiger charge is 2.20. The molecule has 0 bridgehead atoms. The number of aryl methyl sites for hydroxylation is 2. The van der Waals surface area contributed by atoms with Crippen molar-refractivity contribution in [3.63, 3.8) is 0 Å². The molecule has 5 nitrogen and oxygen atoms in total. The molecule has 1 aliphatic rings. The van der Waals surface area contributed by atoms with E-state index in [1.54, 1.807) is 16.4 Å². The highest BCUT2D eigenvalue weighted by molar-refractivity contribution is 7.99. The summed E-state index contributed by atoms with van der Waals surface area (Å²) in [4.78, 5) is 0. The summed E-state index contributed by atoms with van der Waals surface area (Å²) < 4.78 is 7.78. The highest BCUT2D eigenvalue weighted by atomic mass is 32.2. The minimum atomic E-state index is 0.336. The van der Waals surface area contributed by atoms with E-state index in [4.69, 9.17) is 9.84 Å². The monoisotopic (exact) mass is 364 g/mol. The van der Waals surface area contributed by atoms with Crippen molar-refractivity contribution in [2.24, 2.45) is 5.10 Å². The van der Waals surface area contributed by atoms with Gasteiger partial charge in [-0.15, -0.1) is 10.2 Å². The van der Waals surface area contributed by atoms with Crippen LogP contribution in [0, 0.1) is 20.8 Å². The Morgan fingerprint density at radius 3 is 2.65 bits per heavy atom. The molecule has 0 saturated carbocycles. The molecule has 2 aromatic carbocycles. The molecule has 6 heteroatoms. The van der Waals surface area contributed by atoms with E-state index < -0.39 is 0 Å². The first-order valence-electron chi connectivity index (χ1n) is 8.53. The molecular weight excluding hydrogens is 344 g/mol. The maximum atomic E-state index is 5.98. The van der Waals surface area contributed by atoms with E-state index in [-0.39, 0.29) is 0 Å². The lowest BCUT2D eigenvalue weighted by Gasteiger charge is -2.15. The molecule has 2 heterocycles. The standard InChI is InChI=1S/C20H20N4OS/c1-13-7-9-16(10-8-13)17-12-26-20-22-21-19(24(20)23-17)11-25-18-6-4-5-14(2)15(18)3/h4-10H,11-12H2,1-3H3. The maximum absolute atomic E-state index is 5.98. The SMILES string of the molecule is Cc1ccc(C2=Nn3c(COc4cccc(C)c4C)nnc3SC2)cc1. The molecule has 1 aromatic heterocycles. The van der Waals surface area contributed by atoms with Gasteiger partial charge in [-0.05, 0) is 43.5 Å². The van der Waals surface area contributed by atoms with Gasteiger partial charge in [0.25, 0.3) is 0 Å². The fourth-order valence-electron chi connectivity index (χ4n) is 2.77. The number of aromatic nitrogens is 3. The average molecular weight is 364 g/mol. The largest absolute Gasteiger partial charge is 0.485 e. The first kappa shape index (κ1) is 16.8. The zero-order chi connectivity index (χ0) is 18.1. The third-order valence-corrected chi connectivity index (χ3v) is 5.46. The van der Waals surface area contributed by atoms with Gasteiger partial charge in [0.2, 0.25) is 5.16 Å². The number of fused-ring (bicyclic) bond motifs is 1. The van der Waals surface area contributed by atoms with Crippen LogP contribution in [0.3, 0.4) is 0 Å². The molecule has 0 aliphatic carbocycles. The van der Waals surface area contributed by atoms with Crippen molar-refractivity contribution in [1.29, 1.82) is 0 Å². The molecule has 132 valence electrons. The lowest BCUT2D eigenvalue weighted by atomic mass is 10.1. The van der Waals surface area contributed by atoms with Gasteiger partial charge in [0.05, 0.1) is 5.71 Å². The zero-order valence-electron chi connectivity index (χ0n) is 15.1. The molecule has 4 rings (SSSR count). The molecule has 0 radical (unpaired) electrons. The molecule has 1 aliphatic heterocycles. The lowest BCUT2D eigenvalue weighted by molar-refractivity contribution is 0.287. The number of hydrogen-bond donors (Lipinski definition) is 0. The van der Waals surface area contributed by atoms with Gasteiger partial charge in [-0.3, -0.25) is 0 Å². The summed E-state index contributed by atoms with van der Waals surface area (Å²) in [6.45, 7) is 6.56. The van der Waals surface area contributed by atoms with Crippen LogP contribution >= 0.6 is 11.8 Å². The van der Waals surface area contributed by atoms with E-state index in [0.29, 0.717) is 12.4 Å². The molecule has 0 unspecified atom stereocenters. The Hall–Kier alpha value is -2.60. The van der Waals surface area contributed by atoms with Crippen LogP contribution in [0.2, 0.25) is 0 Å². The summed E-state index contributed by atoms with van der Waals surface area (Å²) in [7, 11) is 0. The van der Waals surface area contributed by atoms with Crippen LogP contribution in [0.4, 0.5) is 0 Å². The molecule has 0 atom stereocenters. The predicted molar refractivity (Wildman–Crippen MR) is 104 cm³/mol. The van der Waals surface area contributed by atoms with E-state index >= 15 is 0 Å². The number of hydrogen-bond acceptors (Lipinski definition) is 5. The minimum Gasteiger partial charge on any atom is -0.485 e. The highest BCUT2D eigenvalue weighted by Crippen LogP contribution is 2.26. The fourth-order valence-corrected chi connectivity index (χ4v) is 3.63. The van der Waals surface area contributed by atoms with Crippen LogP contribution in [0.15, 0.2) is 52.7 Å². The maximum Gasteiger partial charge on any atom is 0.212 e. The van der Waals surface area contributed by atoms with Crippen LogP contribution in [0.5, 0.6) is 5.75 Å². The number of rotatable bonds is 4. The van der Waals surface area contributed by atoms with Crippen LogP contribution in [0.25, 0.3) is 0 Å². The first-order chi connectivity index (χ1) is 12.6. The van der Waals surface area contributed by atoms with Gasteiger partial charge in [-0.2, -0.15) is 9.78 Å². The Bertz CT molecular complexity index is 976. The molecule has 0 fully saturated rings. The van der Waals surface area contributed by atoms with Crippen molar-refractivity contribution in [3.8, 4) is 5.75 Å². The second-order valence-electron chi connectivity index (χ2n) is 6.40. The summed E-state index contributed by atoms with van der Waals surface area (Å²) in [5.41, 5.74) is 5.75. The number of thioether (sulfide) groups is 1. The lowest BCUT2D eigenvalue weighted by Crippen LogP contribution is -2.15. The van der Waals surface area contributed by atoms with Crippen LogP contribution in [-0.4, -0.2) is 26.3 Å². The quantitative estimate of drug-likeness (QED) is 0.698. The summed E-state index contributed by atoms with van der Waals surface area (Å²) >= 11 is 1.65. The second-order valence-corrected chi connectivity index (χ2v) is 7.34. The molecule has 3 aromatic rings. The Labute approximate surface area is 157 Å². The van der Waals surface area contributed by atoms with Gasteiger partial charge in [-0.1, -0.05) is 53.7 Å². The summed E-state index contributed by atoms with van der Waals surface area (Å²) in [6, 6.07) is 14.5. The average Bonchev–Trinajstić information content (AvgIpc) is 3.06. The van der Waals surface area contributed by atoms with Gasteiger partial charge < -0.3 is 4.74 Å². The third-order valence-electron chi connectivity index (χ3n) is 4.53. The Morgan fingerprint density at radius 2 is 1.85 bits per heavy atom. The number of benzene rings is 2. The fraction of sp³-hybridized carbons (Fsp3) is 0.250. The second kappa shape index (κ2) is 6.96. The Balaban J connectivity index is 1.59. The van der Waals surface area contributed by atoms with Gasteiger partial charge in [0.1, 0.15) is 12.4 Å². The predicted octanol–water partition coefficient (Wildman–Crippen LogP) is 4.14. The molecular formula is C20H20N4OS. The van der Waals surface area contributed by atoms with E-state index in [9.17, 15) is 0 Å². The first-order valence-corrected chi connectivity index (χ1v) is 9.51. The van der Waals surface area contributed by atoms with E-state index in [1.165, 1.54) is 11.1 Å². The van der Waals surface area contributed by atoms with Crippen molar-refractivity contribution < 1.29 is 4.74 Å². The zero-order valence-corrected chi connectivity index (χ0v) is 15.9. The normalized spacial score (nSPS) is 13.3. The van der Waals surface area contributed by atoms with Gasteiger partial charge in [0, 0.05) is 5.75 Å². The summed E-state index contributed by atoms with van der Waals surface area (Å²) in [5, 5.41) is 14.1. The van der Waals surface area contributed by atoms with Crippen LogP contribution < -0.4 is 4.74 Å². The van der Waals surface area contributed by atoms with Crippen molar-refractivity contribution in [1.82, 2.24) is 14.9 Å². The topological polar surface area (TPSA) is 52.3 Å². The van der Waals surface area contributed by atoms with E-state index in [1.807, 2.05) is 12.1 Å². The smallest absolute Gasteiger partial charge is 0.212 e. The van der Waals surface area contributed by atoms with Gasteiger partial charge in [-0.25, -0.2) is 0 Å². The molecule has 0 amide bonds. The van der Waals surface area contributed by atoms with E-state index in [2.05, 4.69) is 61.3 Å². The Kier molecular flexibility index (Phi) is 4.51. The minimum absolute atomic E-state index is 0.336. The Morgan fingerprint density at radius 1 is 1.04 bits per heavy atom. The molecule has 0 N–H and O–H groups in total. The summed E-state index contributed by atoms with van der Waals surface area (Å²) in [5.74, 6) is 2.37. The van der Waals surface area contributed by atoms with Crippen LogP contribution in [-0.2, 0) is 6.61 Å². The number of nitrogens with zero attached hydrogens (tertiary/aromatic N) is 4. The van der Waals surface area contributed by atoms with E-state index in [0.717, 1.165) is 33.5 Å². The van der Waals surface area contributed by atoms with Crippen molar-refractivity contribution >= 4 is 17.5 Å². The van der Waals surface area contributed by atoms with Gasteiger partial charge in [0.15, 0.2) is 5.82 Å². The van der Waals surface area contributed by atoms with Crippen LogP contribution in [0.1, 0.15) is 28.1 Å². The molecule has 0 spiro atoms. The molecule has 26 heavy (non-hydrogen) atoms. The summed E-state index contributed by atoms with van der Waals surface area (Å²) in [6.07, 6.45) is 0. The van der Waals surface area contributed by atoms with Crippen molar-refractivity contribution in [2.45, 2.75) is 32.5 Å². The number of ether oxygens (including phenoxy) is 1. The molecule has 0 saturated heterocycles. The van der Waals surface area contributed by atoms with Crippen molar-refractivity contribution in [3.05, 3.63) is 70.5 Å². The third kappa shape index (κ3) is 3.24. The van der Waals surface area contributed by atoms with Crippen molar-refractivity contribution in [2.75, 3.05) is 5.75 Å². The van der Waals surface area contributed by atoms with Gasteiger partial charge >= 0.3 is 0 Å².